The van der Waals surface area contributed by atoms with Crippen LogP contribution in [0.3, 0.4) is 0 Å². The van der Waals surface area contributed by atoms with Crippen molar-refractivity contribution in [2.75, 3.05) is 0 Å². The van der Waals surface area contributed by atoms with E-state index >= 15 is 0 Å². The van der Waals surface area contributed by atoms with Crippen molar-refractivity contribution in [2.24, 2.45) is 5.92 Å². The van der Waals surface area contributed by atoms with Gasteiger partial charge in [0.2, 0.25) is 0 Å². The van der Waals surface area contributed by atoms with E-state index in [0.29, 0.717) is 5.92 Å². The quantitative estimate of drug-likeness (QED) is 0.476. The molecule has 0 spiro atoms. The molecule has 0 saturated heterocycles. The second-order valence-electron chi connectivity index (χ2n) is 2.09. The summed E-state index contributed by atoms with van der Waals surface area (Å²) in [5, 5.41) is 0. The van der Waals surface area contributed by atoms with Gasteiger partial charge in [0, 0.05) is 0 Å². The minimum Gasteiger partial charge on any atom is -0.0587 e. The van der Waals surface area contributed by atoms with Crippen LogP contribution in [0.5, 0.6) is 0 Å². The summed E-state index contributed by atoms with van der Waals surface area (Å²) >= 11 is 0. The second kappa shape index (κ2) is 3.48. The smallest absolute Gasteiger partial charge is 0.0219 e. The summed E-state index contributed by atoms with van der Waals surface area (Å²) in [7, 11) is 0. The molecule has 0 nitrogen and oxygen atoms in total. The van der Waals surface area contributed by atoms with Gasteiger partial charge in [-0.1, -0.05) is 26.5 Å². The Morgan fingerprint density at radius 2 is 2.12 bits per heavy atom. The molecule has 0 aromatic carbocycles. The van der Waals surface area contributed by atoms with Gasteiger partial charge in [0.25, 0.3) is 0 Å². The summed E-state index contributed by atoms with van der Waals surface area (Å²) in [6, 6.07) is 0. The minimum atomic E-state index is 0.447. The van der Waals surface area contributed by atoms with Crippen LogP contribution in [0.25, 0.3) is 0 Å². The van der Waals surface area contributed by atoms with Crippen molar-refractivity contribution in [2.45, 2.75) is 20.8 Å². The molecule has 0 rings (SSSR count). The molecule has 0 aromatic rings. The third-order valence-corrected chi connectivity index (χ3v) is 0.978. The first kappa shape index (κ1) is 7.48. The Bertz CT molecular complexity index is 96.6. The molecule has 0 bridgehead atoms. The predicted octanol–water partition coefficient (Wildman–Crippen LogP) is 2.38. The molecule has 0 atom stereocenters. The average molecular weight is 108 g/mol. The standard InChI is InChI=1S/C8H12/c1-5-6-8(4)7(2)3/h4,6-7H,1-3H3. The third-order valence-electron chi connectivity index (χ3n) is 0.978. The number of hydrogen-bond donors (Lipinski definition) is 0. The van der Waals surface area contributed by atoms with Crippen LogP contribution in [-0.4, -0.2) is 0 Å². The van der Waals surface area contributed by atoms with Crippen molar-refractivity contribution >= 4 is 0 Å². The molecule has 0 aliphatic heterocycles. The normalized spacial score (nSPS) is 11.0. The summed E-state index contributed by atoms with van der Waals surface area (Å²) in [5.41, 5.74) is 0.896. The fraction of sp³-hybridized carbons (Fsp3) is 0.500. The first-order valence-corrected chi connectivity index (χ1v) is 2.81. The van der Waals surface area contributed by atoms with Gasteiger partial charge in [0.1, 0.15) is 0 Å². The number of rotatable bonds is 2. The fourth-order valence-electron chi connectivity index (χ4n) is 0.333. The first-order chi connectivity index (χ1) is 3.68. The van der Waals surface area contributed by atoms with Gasteiger partial charge in [-0.15, -0.1) is 0 Å². The Hall–Kier alpha value is -0.520. The summed E-state index contributed by atoms with van der Waals surface area (Å²) < 4.78 is 0. The Kier molecular flexibility index (Phi) is 3.25. The highest BCUT2D eigenvalue weighted by atomic mass is 14.0. The maximum atomic E-state index is 5.53. The topological polar surface area (TPSA) is 0 Å². The average Bonchev–Trinajstić information content (AvgIpc) is 1.67. The van der Waals surface area contributed by atoms with E-state index in [0.717, 1.165) is 5.57 Å². The molecule has 0 fully saturated rings. The molecular weight excluding hydrogens is 96.1 g/mol. The fourth-order valence-corrected chi connectivity index (χ4v) is 0.333. The summed E-state index contributed by atoms with van der Waals surface area (Å²) in [6.45, 7) is 11.5. The van der Waals surface area contributed by atoms with Gasteiger partial charge in [0.15, 0.2) is 0 Å². The van der Waals surface area contributed by atoms with Crippen molar-refractivity contribution in [1.29, 1.82) is 0 Å². The summed E-state index contributed by atoms with van der Waals surface area (Å²) in [4.78, 5) is 0. The van der Waals surface area contributed by atoms with Crippen molar-refractivity contribution in [3.05, 3.63) is 24.3 Å². The summed E-state index contributed by atoms with van der Waals surface area (Å²) in [6.07, 6.45) is 4.67. The van der Waals surface area contributed by atoms with E-state index in [-0.39, 0.29) is 0 Å². The van der Waals surface area contributed by atoms with Crippen LogP contribution in [-0.2, 0) is 0 Å². The molecular formula is C8H12. The van der Waals surface area contributed by atoms with Crippen LogP contribution < -0.4 is 0 Å². The van der Waals surface area contributed by atoms with E-state index in [1.807, 2.05) is 13.0 Å². The Labute approximate surface area is 51.9 Å². The van der Waals surface area contributed by atoms with E-state index in [2.05, 4.69) is 19.9 Å². The Balaban J connectivity index is 3.66. The van der Waals surface area contributed by atoms with Crippen LogP contribution in [0.4, 0.5) is 0 Å². The largest absolute Gasteiger partial charge is 0.0587 e. The summed E-state index contributed by atoms with van der Waals surface area (Å²) in [5.74, 6) is 0.447. The zero-order valence-corrected chi connectivity index (χ0v) is 5.73. The monoisotopic (exact) mass is 108 g/mol. The van der Waals surface area contributed by atoms with Gasteiger partial charge in [0.05, 0.1) is 0 Å². The van der Waals surface area contributed by atoms with E-state index in [1.54, 1.807) is 0 Å². The Morgan fingerprint density at radius 3 is 2.25 bits per heavy atom. The molecule has 0 N–H and O–H groups in total. The predicted molar refractivity (Wildman–Crippen MR) is 36.1 cm³/mol. The number of hydrogen-bond acceptors (Lipinski definition) is 0. The Morgan fingerprint density at radius 1 is 1.62 bits per heavy atom. The highest BCUT2D eigenvalue weighted by molar-refractivity contribution is 5.11. The molecule has 0 aliphatic carbocycles. The van der Waals surface area contributed by atoms with Crippen molar-refractivity contribution in [3.8, 4) is 0 Å². The van der Waals surface area contributed by atoms with Gasteiger partial charge in [-0.2, -0.15) is 0 Å². The van der Waals surface area contributed by atoms with E-state index in [4.69, 9.17) is 6.58 Å². The second-order valence-corrected chi connectivity index (χ2v) is 2.09. The van der Waals surface area contributed by atoms with Crippen LogP contribution in [0.2, 0.25) is 0 Å². The highest BCUT2D eigenvalue weighted by Crippen LogP contribution is 2.05. The lowest BCUT2D eigenvalue weighted by atomic mass is 10.1. The van der Waals surface area contributed by atoms with Gasteiger partial charge >= 0.3 is 0 Å². The van der Waals surface area contributed by atoms with Gasteiger partial charge in [-0.25, -0.2) is 0 Å². The van der Waals surface area contributed by atoms with Crippen molar-refractivity contribution in [1.82, 2.24) is 0 Å². The zero-order valence-electron chi connectivity index (χ0n) is 5.73. The number of allylic oxidation sites excluding steroid dienone is 3. The molecule has 0 amide bonds. The van der Waals surface area contributed by atoms with Gasteiger partial charge < -0.3 is 0 Å². The maximum absolute atomic E-state index is 5.53. The van der Waals surface area contributed by atoms with Crippen molar-refractivity contribution in [3.63, 3.8) is 0 Å². The third kappa shape index (κ3) is 2.62. The molecule has 2 radical (unpaired) electrons. The minimum absolute atomic E-state index is 0.447. The van der Waals surface area contributed by atoms with Crippen molar-refractivity contribution < 1.29 is 0 Å². The molecule has 0 heteroatoms. The maximum Gasteiger partial charge on any atom is -0.0219 e. The molecule has 0 heterocycles. The van der Waals surface area contributed by atoms with Crippen LogP contribution >= 0.6 is 0 Å². The van der Waals surface area contributed by atoms with E-state index in [1.165, 1.54) is 0 Å². The van der Waals surface area contributed by atoms with E-state index < -0.39 is 0 Å². The first-order valence-electron chi connectivity index (χ1n) is 2.81. The molecule has 0 saturated carbocycles. The van der Waals surface area contributed by atoms with Crippen LogP contribution in [0, 0.1) is 18.6 Å². The molecule has 0 aromatic heterocycles. The molecule has 8 heavy (non-hydrogen) atoms. The lowest BCUT2D eigenvalue weighted by Gasteiger charge is -1.99. The van der Waals surface area contributed by atoms with Crippen LogP contribution in [0.1, 0.15) is 20.8 Å². The molecule has 0 aliphatic rings. The lowest BCUT2D eigenvalue weighted by molar-refractivity contribution is 0.792. The highest BCUT2D eigenvalue weighted by Gasteiger charge is 1.92. The zero-order chi connectivity index (χ0) is 6.57. The lowest BCUT2D eigenvalue weighted by Crippen LogP contribution is -1.86. The van der Waals surface area contributed by atoms with Gasteiger partial charge in [-0.05, 0) is 24.5 Å². The molecule has 44 valence electrons. The van der Waals surface area contributed by atoms with Crippen LogP contribution in [0.15, 0.2) is 11.6 Å². The van der Waals surface area contributed by atoms with Gasteiger partial charge in [-0.3, -0.25) is 0 Å². The van der Waals surface area contributed by atoms with E-state index in [9.17, 15) is 0 Å². The molecule has 0 unspecified atom stereocenters. The SMILES string of the molecule is [CH]=C(/C=[C]/C)C(C)C.